The molecule has 0 spiro atoms. The molecule has 7 heteroatoms. The van der Waals surface area contributed by atoms with Gasteiger partial charge in [0.1, 0.15) is 0 Å². The number of rotatable bonds is 11. The Bertz CT molecular complexity index is 294. The quantitative estimate of drug-likeness (QED) is 0.359. The van der Waals surface area contributed by atoms with Crippen LogP contribution in [0, 0.1) is 0 Å². The highest BCUT2D eigenvalue weighted by Crippen LogP contribution is 1.91. The van der Waals surface area contributed by atoms with Gasteiger partial charge in [-0.3, -0.25) is 14.4 Å². The maximum absolute atomic E-state index is 11.3. The van der Waals surface area contributed by atoms with E-state index < -0.39 is 5.97 Å². The van der Waals surface area contributed by atoms with Crippen molar-refractivity contribution in [3.8, 4) is 0 Å². The Hall–Kier alpha value is -1.63. The number of nitrogens with one attached hydrogen (secondary N) is 2. The van der Waals surface area contributed by atoms with Crippen molar-refractivity contribution in [2.75, 3.05) is 26.2 Å². The summed E-state index contributed by atoms with van der Waals surface area (Å²) in [5.41, 5.74) is 0. The van der Waals surface area contributed by atoms with Crippen LogP contribution in [0.2, 0.25) is 0 Å². The molecule has 110 valence electrons. The zero-order valence-electron chi connectivity index (χ0n) is 11.2. The Morgan fingerprint density at radius 1 is 1.11 bits per heavy atom. The maximum Gasteiger partial charge on any atom is 0.305 e. The van der Waals surface area contributed by atoms with Crippen LogP contribution in [-0.2, 0) is 19.1 Å². The lowest BCUT2D eigenvalue weighted by Gasteiger charge is -2.06. The van der Waals surface area contributed by atoms with Crippen LogP contribution in [0.25, 0.3) is 0 Å². The lowest BCUT2D eigenvalue weighted by molar-refractivity contribution is -0.143. The Balaban J connectivity index is 3.35. The molecule has 0 heterocycles. The van der Waals surface area contributed by atoms with E-state index in [1.54, 1.807) is 6.92 Å². The lowest BCUT2D eigenvalue weighted by Crippen LogP contribution is -2.35. The van der Waals surface area contributed by atoms with Crippen molar-refractivity contribution in [1.82, 2.24) is 10.6 Å². The van der Waals surface area contributed by atoms with Crippen molar-refractivity contribution in [1.29, 1.82) is 0 Å². The minimum atomic E-state index is -0.842. The number of hydrogen-bond donors (Lipinski definition) is 3. The SMILES string of the molecule is CCOC(=O)CCCNC(=O)CNCCCC(=O)O. The second-order valence-electron chi connectivity index (χ2n) is 3.93. The van der Waals surface area contributed by atoms with Gasteiger partial charge in [-0.15, -0.1) is 0 Å². The molecule has 0 aliphatic rings. The Labute approximate surface area is 112 Å². The van der Waals surface area contributed by atoms with E-state index in [0.717, 1.165) is 0 Å². The Kier molecular flexibility index (Phi) is 10.5. The van der Waals surface area contributed by atoms with Crippen molar-refractivity contribution < 1.29 is 24.2 Å². The molecule has 0 fully saturated rings. The van der Waals surface area contributed by atoms with Crippen molar-refractivity contribution in [2.45, 2.75) is 32.6 Å². The molecule has 0 aliphatic carbocycles. The number of aliphatic carboxylic acids is 1. The number of ether oxygens (including phenoxy) is 1. The molecule has 19 heavy (non-hydrogen) atoms. The molecule has 0 aromatic heterocycles. The van der Waals surface area contributed by atoms with Gasteiger partial charge in [-0.1, -0.05) is 0 Å². The van der Waals surface area contributed by atoms with E-state index in [1.807, 2.05) is 0 Å². The average molecular weight is 274 g/mol. The molecule has 1 amide bonds. The summed E-state index contributed by atoms with van der Waals surface area (Å²) in [6, 6.07) is 0. The van der Waals surface area contributed by atoms with Gasteiger partial charge in [0.2, 0.25) is 5.91 Å². The summed E-state index contributed by atoms with van der Waals surface area (Å²) in [5.74, 6) is -1.27. The number of carbonyl (C=O) groups is 3. The molecule has 0 atom stereocenters. The third-order valence-corrected chi connectivity index (χ3v) is 2.21. The smallest absolute Gasteiger partial charge is 0.305 e. The molecule has 0 radical (unpaired) electrons. The highest BCUT2D eigenvalue weighted by atomic mass is 16.5. The monoisotopic (exact) mass is 274 g/mol. The van der Waals surface area contributed by atoms with Gasteiger partial charge in [0, 0.05) is 19.4 Å². The topological polar surface area (TPSA) is 105 Å². The summed E-state index contributed by atoms with van der Waals surface area (Å²) in [6.07, 6.45) is 1.42. The van der Waals surface area contributed by atoms with Crippen LogP contribution in [0.3, 0.4) is 0 Å². The van der Waals surface area contributed by atoms with Crippen LogP contribution in [0.1, 0.15) is 32.6 Å². The number of amides is 1. The van der Waals surface area contributed by atoms with E-state index in [1.165, 1.54) is 0 Å². The van der Waals surface area contributed by atoms with Gasteiger partial charge in [-0.05, 0) is 26.3 Å². The average Bonchev–Trinajstić information content (AvgIpc) is 2.34. The molecule has 3 N–H and O–H groups in total. The molecular weight excluding hydrogens is 252 g/mol. The van der Waals surface area contributed by atoms with Crippen LogP contribution >= 0.6 is 0 Å². The summed E-state index contributed by atoms with van der Waals surface area (Å²) in [6.45, 7) is 3.18. The summed E-state index contributed by atoms with van der Waals surface area (Å²) in [7, 11) is 0. The molecule has 0 aliphatic heterocycles. The predicted octanol–water partition coefficient (Wildman–Crippen LogP) is -0.0997. The van der Waals surface area contributed by atoms with Crippen LogP contribution in [-0.4, -0.2) is 49.2 Å². The lowest BCUT2D eigenvalue weighted by atomic mass is 10.3. The summed E-state index contributed by atoms with van der Waals surface area (Å²) >= 11 is 0. The van der Waals surface area contributed by atoms with Gasteiger partial charge in [-0.2, -0.15) is 0 Å². The molecule has 0 saturated carbocycles. The molecule has 0 aromatic rings. The van der Waals surface area contributed by atoms with Gasteiger partial charge in [0.05, 0.1) is 13.2 Å². The number of esters is 1. The number of hydrogen-bond acceptors (Lipinski definition) is 5. The molecule has 0 unspecified atom stereocenters. The third-order valence-electron chi connectivity index (χ3n) is 2.21. The number of carbonyl (C=O) groups excluding carboxylic acids is 2. The van der Waals surface area contributed by atoms with Gasteiger partial charge >= 0.3 is 11.9 Å². The van der Waals surface area contributed by atoms with E-state index in [2.05, 4.69) is 10.6 Å². The van der Waals surface area contributed by atoms with Crippen molar-refractivity contribution in [2.24, 2.45) is 0 Å². The summed E-state index contributed by atoms with van der Waals surface area (Å²) < 4.78 is 4.75. The predicted molar refractivity (Wildman–Crippen MR) is 68.6 cm³/mol. The minimum absolute atomic E-state index is 0.0914. The Morgan fingerprint density at radius 2 is 1.79 bits per heavy atom. The molecule has 0 saturated heterocycles. The van der Waals surface area contributed by atoms with Crippen molar-refractivity contribution in [3.63, 3.8) is 0 Å². The van der Waals surface area contributed by atoms with E-state index in [-0.39, 0.29) is 24.8 Å². The highest BCUT2D eigenvalue weighted by Gasteiger charge is 2.03. The molecule has 0 bridgehead atoms. The van der Waals surface area contributed by atoms with E-state index in [9.17, 15) is 14.4 Å². The van der Waals surface area contributed by atoms with E-state index in [0.29, 0.717) is 39.0 Å². The van der Waals surface area contributed by atoms with Crippen molar-refractivity contribution >= 4 is 17.8 Å². The minimum Gasteiger partial charge on any atom is -0.481 e. The Morgan fingerprint density at radius 3 is 2.42 bits per heavy atom. The van der Waals surface area contributed by atoms with Crippen LogP contribution in [0.5, 0.6) is 0 Å². The maximum atomic E-state index is 11.3. The molecule has 7 nitrogen and oxygen atoms in total. The zero-order valence-corrected chi connectivity index (χ0v) is 11.2. The number of carboxylic acids is 1. The van der Waals surface area contributed by atoms with E-state index in [4.69, 9.17) is 9.84 Å². The van der Waals surface area contributed by atoms with Gasteiger partial charge < -0.3 is 20.5 Å². The fraction of sp³-hybridized carbons (Fsp3) is 0.750. The largest absolute Gasteiger partial charge is 0.481 e. The first-order chi connectivity index (χ1) is 9.06. The first-order valence-electron chi connectivity index (χ1n) is 6.41. The fourth-order valence-electron chi connectivity index (χ4n) is 1.32. The molecular formula is C12H22N2O5. The van der Waals surface area contributed by atoms with Crippen LogP contribution < -0.4 is 10.6 Å². The first-order valence-corrected chi connectivity index (χ1v) is 6.41. The fourth-order valence-corrected chi connectivity index (χ4v) is 1.32. The van der Waals surface area contributed by atoms with Gasteiger partial charge in [0.25, 0.3) is 0 Å². The van der Waals surface area contributed by atoms with Gasteiger partial charge in [0.15, 0.2) is 0 Å². The van der Waals surface area contributed by atoms with E-state index >= 15 is 0 Å². The highest BCUT2D eigenvalue weighted by molar-refractivity contribution is 5.78. The second-order valence-corrected chi connectivity index (χ2v) is 3.93. The normalized spacial score (nSPS) is 9.95. The first kappa shape index (κ1) is 17.4. The third kappa shape index (κ3) is 12.6. The summed E-state index contributed by atoms with van der Waals surface area (Å²) in [5, 5.41) is 13.9. The van der Waals surface area contributed by atoms with Crippen LogP contribution in [0.15, 0.2) is 0 Å². The van der Waals surface area contributed by atoms with Gasteiger partial charge in [-0.25, -0.2) is 0 Å². The van der Waals surface area contributed by atoms with Crippen LogP contribution in [0.4, 0.5) is 0 Å². The standard InChI is InChI=1S/C12H22N2O5/c1-2-19-12(18)6-4-8-14-10(15)9-13-7-3-5-11(16)17/h13H,2-9H2,1H3,(H,14,15)(H,16,17). The second kappa shape index (κ2) is 11.5. The van der Waals surface area contributed by atoms with Crippen molar-refractivity contribution in [3.05, 3.63) is 0 Å². The zero-order chi connectivity index (χ0) is 14.5. The molecule has 0 aromatic carbocycles. The number of carboxylic acid groups (broad SMARTS) is 1. The summed E-state index contributed by atoms with van der Waals surface area (Å²) in [4.78, 5) is 32.5. The molecule has 0 rings (SSSR count).